The van der Waals surface area contributed by atoms with Crippen LogP contribution in [0.2, 0.25) is 5.02 Å². The molecular formula is C21H19ClN2O4S. The Balaban J connectivity index is 1.66. The number of rotatable bonds is 6. The van der Waals surface area contributed by atoms with Gasteiger partial charge in [0.2, 0.25) is 5.91 Å². The molecule has 1 aliphatic rings. The molecule has 29 heavy (non-hydrogen) atoms. The van der Waals surface area contributed by atoms with Crippen molar-refractivity contribution in [3.05, 3.63) is 63.5 Å². The van der Waals surface area contributed by atoms with Gasteiger partial charge in [-0.2, -0.15) is 0 Å². The molecule has 1 heterocycles. The fourth-order valence-corrected chi connectivity index (χ4v) is 3.65. The van der Waals surface area contributed by atoms with Gasteiger partial charge in [-0.3, -0.25) is 19.3 Å². The maximum Gasteiger partial charge on any atom is 0.294 e. The first-order valence-electron chi connectivity index (χ1n) is 8.91. The number of nitrogens with zero attached hydrogens (tertiary/aromatic N) is 1. The van der Waals surface area contributed by atoms with Crippen molar-refractivity contribution >= 4 is 52.2 Å². The van der Waals surface area contributed by atoms with Crippen LogP contribution in [-0.4, -0.2) is 35.1 Å². The molecule has 6 nitrogen and oxygen atoms in total. The van der Waals surface area contributed by atoms with E-state index < -0.39 is 17.1 Å². The SMILES string of the molecule is CCOc1ccc(/C=C2/SC(=O)N(CC(=O)Nc3ccc(C)c(Cl)c3)C2=O)cc1. The predicted molar refractivity (Wildman–Crippen MR) is 115 cm³/mol. The van der Waals surface area contributed by atoms with E-state index in [1.54, 1.807) is 48.5 Å². The number of imide groups is 1. The highest BCUT2D eigenvalue weighted by Crippen LogP contribution is 2.32. The Morgan fingerprint density at radius 3 is 2.59 bits per heavy atom. The van der Waals surface area contributed by atoms with Crippen molar-refractivity contribution in [2.24, 2.45) is 0 Å². The lowest BCUT2D eigenvalue weighted by Crippen LogP contribution is -2.36. The van der Waals surface area contributed by atoms with Gasteiger partial charge in [0.05, 0.1) is 11.5 Å². The maximum atomic E-state index is 12.6. The van der Waals surface area contributed by atoms with Crippen molar-refractivity contribution in [1.82, 2.24) is 4.90 Å². The second kappa shape index (κ2) is 9.15. The van der Waals surface area contributed by atoms with E-state index in [1.807, 2.05) is 13.8 Å². The number of amides is 3. The van der Waals surface area contributed by atoms with Gasteiger partial charge in [-0.15, -0.1) is 0 Å². The third kappa shape index (κ3) is 5.19. The molecule has 150 valence electrons. The third-order valence-corrected chi connectivity index (χ3v) is 5.43. The zero-order valence-corrected chi connectivity index (χ0v) is 17.5. The number of carbonyl (C=O) groups is 3. The summed E-state index contributed by atoms with van der Waals surface area (Å²) in [5.74, 6) is -0.244. The topological polar surface area (TPSA) is 75.7 Å². The minimum atomic E-state index is -0.494. The van der Waals surface area contributed by atoms with Crippen LogP contribution >= 0.6 is 23.4 Å². The molecule has 1 aliphatic heterocycles. The smallest absolute Gasteiger partial charge is 0.294 e. The largest absolute Gasteiger partial charge is 0.494 e. The molecular weight excluding hydrogens is 412 g/mol. The van der Waals surface area contributed by atoms with Gasteiger partial charge in [0.15, 0.2) is 0 Å². The number of ether oxygens (including phenoxy) is 1. The zero-order valence-electron chi connectivity index (χ0n) is 15.9. The van der Waals surface area contributed by atoms with Crippen LogP contribution in [0.4, 0.5) is 10.5 Å². The van der Waals surface area contributed by atoms with Gasteiger partial charge in [-0.25, -0.2) is 0 Å². The van der Waals surface area contributed by atoms with Gasteiger partial charge >= 0.3 is 0 Å². The Morgan fingerprint density at radius 2 is 1.93 bits per heavy atom. The second-order valence-corrected chi connectivity index (χ2v) is 7.68. The molecule has 0 saturated carbocycles. The van der Waals surface area contributed by atoms with Crippen LogP contribution in [0.1, 0.15) is 18.1 Å². The molecule has 0 spiro atoms. The lowest BCUT2D eigenvalue weighted by atomic mass is 10.2. The molecule has 0 aromatic heterocycles. The number of nitrogens with one attached hydrogen (secondary N) is 1. The second-order valence-electron chi connectivity index (χ2n) is 6.28. The van der Waals surface area contributed by atoms with Gasteiger partial charge in [-0.05, 0) is 67.1 Å². The lowest BCUT2D eigenvalue weighted by molar-refractivity contribution is -0.127. The van der Waals surface area contributed by atoms with Crippen LogP contribution < -0.4 is 10.1 Å². The summed E-state index contributed by atoms with van der Waals surface area (Å²) in [6.45, 7) is 3.95. The summed E-state index contributed by atoms with van der Waals surface area (Å²) in [7, 11) is 0. The Kier molecular flexibility index (Phi) is 6.61. The fourth-order valence-electron chi connectivity index (χ4n) is 2.63. The van der Waals surface area contributed by atoms with Crippen molar-refractivity contribution in [3.8, 4) is 5.75 Å². The van der Waals surface area contributed by atoms with Gasteiger partial charge in [0, 0.05) is 10.7 Å². The summed E-state index contributed by atoms with van der Waals surface area (Å²) >= 11 is 6.86. The van der Waals surface area contributed by atoms with E-state index in [1.165, 1.54) is 0 Å². The lowest BCUT2D eigenvalue weighted by Gasteiger charge is -2.13. The van der Waals surface area contributed by atoms with Crippen molar-refractivity contribution in [1.29, 1.82) is 0 Å². The number of hydrogen-bond donors (Lipinski definition) is 1. The first-order chi connectivity index (χ1) is 13.9. The number of carbonyl (C=O) groups excluding carboxylic acids is 3. The first kappa shape index (κ1) is 21.0. The normalized spacial score (nSPS) is 15.1. The molecule has 0 radical (unpaired) electrons. The minimum Gasteiger partial charge on any atom is -0.494 e. The van der Waals surface area contributed by atoms with Crippen molar-refractivity contribution < 1.29 is 19.1 Å². The van der Waals surface area contributed by atoms with E-state index in [0.29, 0.717) is 17.3 Å². The summed E-state index contributed by atoms with van der Waals surface area (Å²) in [6, 6.07) is 12.3. The maximum absolute atomic E-state index is 12.6. The van der Waals surface area contributed by atoms with E-state index >= 15 is 0 Å². The molecule has 0 aliphatic carbocycles. The number of halogens is 1. The standard InChI is InChI=1S/C21H19ClN2O4S/c1-3-28-16-8-5-14(6-9-16)10-18-20(26)24(21(27)29-18)12-19(25)23-15-7-4-13(2)17(22)11-15/h4-11H,3,12H2,1-2H3,(H,23,25)/b18-10+. The quantitative estimate of drug-likeness (QED) is 0.671. The minimum absolute atomic E-state index is 0.269. The molecule has 8 heteroatoms. The van der Waals surface area contributed by atoms with Crippen LogP contribution in [-0.2, 0) is 9.59 Å². The van der Waals surface area contributed by atoms with E-state index in [-0.39, 0.29) is 11.4 Å². The zero-order chi connectivity index (χ0) is 21.0. The molecule has 3 rings (SSSR count). The van der Waals surface area contributed by atoms with E-state index in [0.717, 1.165) is 33.5 Å². The highest BCUT2D eigenvalue weighted by atomic mass is 35.5. The van der Waals surface area contributed by atoms with Gasteiger partial charge in [0.25, 0.3) is 11.1 Å². The van der Waals surface area contributed by atoms with Crippen LogP contribution in [0.3, 0.4) is 0 Å². The number of anilines is 1. The van der Waals surface area contributed by atoms with E-state index in [9.17, 15) is 14.4 Å². The van der Waals surface area contributed by atoms with Crippen LogP contribution in [0.5, 0.6) is 5.75 Å². The number of benzene rings is 2. The van der Waals surface area contributed by atoms with Crippen LogP contribution in [0.15, 0.2) is 47.4 Å². The Hall–Kier alpha value is -2.77. The van der Waals surface area contributed by atoms with E-state index in [2.05, 4.69) is 5.32 Å². The predicted octanol–water partition coefficient (Wildman–Crippen LogP) is 4.72. The van der Waals surface area contributed by atoms with Gasteiger partial charge in [0.1, 0.15) is 12.3 Å². The Labute approximate surface area is 177 Å². The van der Waals surface area contributed by atoms with Crippen LogP contribution in [0, 0.1) is 6.92 Å². The van der Waals surface area contributed by atoms with E-state index in [4.69, 9.17) is 16.3 Å². The monoisotopic (exact) mass is 430 g/mol. The molecule has 0 atom stereocenters. The fraction of sp³-hybridized carbons (Fsp3) is 0.190. The van der Waals surface area contributed by atoms with Crippen molar-refractivity contribution in [2.45, 2.75) is 13.8 Å². The average molecular weight is 431 g/mol. The summed E-state index contributed by atoms with van der Waals surface area (Å²) in [6.07, 6.45) is 1.62. The first-order valence-corrected chi connectivity index (χ1v) is 10.1. The van der Waals surface area contributed by atoms with Crippen molar-refractivity contribution in [3.63, 3.8) is 0 Å². The van der Waals surface area contributed by atoms with Gasteiger partial charge in [-0.1, -0.05) is 29.8 Å². The number of aryl methyl sites for hydroxylation is 1. The molecule has 1 saturated heterocycles. The molecule has 3 amide bonds. The van der Waals surface area contributed by atoms with Crippen LogP contribution in [0.25, 0.3) is 6.08 Å². The third-order valence-electron chi connectivity index (χ3n) is 4.12. The highest BCUT2D eigenvalue weighted by molar-refractivity contribution is 8.18. The molecule has 2 aromatic carbocycles. The Morgan fingerprint density at radius 1 is 1.21 bits per heavy atom. The molecule has 1 N–H and O–H groups in total. The molecule has 0 bridgehead atoms. The summed E-state index contributed by atoms with van der Waals surface area (Å²) in [5, 5.41) is 2.69. The average Bonchev–Trinajstić information content (AvgIpc) is 2.94. The number of hydrogen-bond acceptors (Lipinski definition) is 5. The molecule has 0 unspecified atom stereocenters. The summed E-state index contributed by atoms with van der Waals surface area (Å²) in [4.78, 5) is 38.3. The molecule has 1 fully saturated rings. The number of thioether (sulfide) groups is 1. The highest BCUT2D eigenvalue weighted by Gasteiger charge is 2.36. The summed E-state index contributed by atoms with van der Waals surface area (Å²) < 4.78 is 5.38. The summed E-state index contributed by atoms with van der Waals surface area (Å²) in [5.41, 5.74) is 2.15. The van der Waals surface area contributed by atoms with Gasteiger partial charge < -0.3 is 10.1 Å². The van der Waals surface area contributed by atoms with Crippen molar-refractivity contribution in [2.75, 3.05) is 18.5 Å². The Bertz CT molecular complexity index is 989. The molecule has 2 aromatic rings.